The highest BCUT2D eigenvalue weighted by atomic mass is 15.4. The van der Waals surface area contributed by atoms with Gasteiger partial charge >= 0.3 is 0 Å². The first-order valence-corrected chi connectivity index (χ1v) is 5.06. The van der Waals surface area contributed by atoms with Gasteiger partial charge in [0.05, 0.1) is 5.69 Å². The molecular formula is C11H14N4. The average Bonchev–Trinajstić information content (AvgIpc) is 2.55. The van der Waals surface area contributed by atoms with Gasteiger partial charge in [0.1, 0.15) is 0 Å². The van der Waals surface area contributed by atoms with Crippen molar-refractivity contribution in [2.45, 2.75) is 27.2 Å². The van der Waals surface area contributed by atoms with Crippen LogP contribution in [-0.2, 0) is 6.42 Å². The molecule has 0 aliphatic rings. The standard InChI is InChI=1S/C11H14N4/c1-4-10-8(2)14-15(9(10)3)11-12-6-5-7-13-11/h5-7H,4H2,1-3H3. The Bertz CT molecular complexity index is 459. The Hall–Kier alpha value is -1.71. The number of nitrogens with zero attached hydrogens (tertiary/aromatic N) is 4. The second-order valence-electron chi connectivity index (χ2n) is 3.46. The van der Waals surface area contributed by atoms with Crippen LogP contribution < -0.4 is 0 Å². The smallest absolute Gasteiger partial charge is 0.220 e. The Balaban J connectivity index is 2.55. The molecule has 78 valence electrons. The van der Waals surface area contributed by atoms with Crippen molar-refractivity contribution < 1.29 is 0 Å². The summed E-state index contributed by atoms with van der Waals surface area (Å²) >= 11 is 0. The maximum Gasteiger partial charge on any atom is 0.250 e. The van der Waals surface area contributed by atoms with Crippen LogP contribution in [0.3, 0.4) is 0 Å². The Morgan fingerprint density at radius 1 is 1.20 bits per heavy atom. The zero-order valence-electron chi connectivity index (χ0n) is 9.23. The molecule has 2 rings (SSSR count). The fourth-order valence-electron chi connectivity index (χ4n) is 1.78. The van der Waals surface area contributed by atoms with Crippen molar-refractivity contribution in [2.75, 3.05) is 0 Å². The van der Waals surface area contributed by atoms with Crippen LogP contribution in [0.1, 0.15) is 23.9 Å². The van der Waals surface area contributed by atoms with E-state index in [0.717, 1.165) is 17.8 Å². The summed E-state index contributed by atoms with van der Waals surface area (Å²) < 4.78 is 1.80. The molecule has 0 fully saturated rings. The van der Waals surface area contributed by atoms with Crippen LogP contribution in [0.15, 0.2) is 18.5 Å². The summed E-state index contributed by atoms with van der Waals surface area (Å²) in [5, 5.41) is 4.44. The van der Waals surface area contributed by atoms with Gasteiger partial charge in [0.25, 0.3) is 5.95 Å². The molecular weight excluding hydrogens is 188 g/mol. The molecule has 0 atom stereocenters. The van der Waals surface area contributed by atoms with Crippen molar-refractivity contribution in [3.05, 3.63) is 35.4 Å². The van der Waals surface area contributed by atoms with Gasteiger partial charge < -0.3 is 0 Å². The fraction of sp³-hybridized carbons (Fsp3) is 0.364. The van der Waals surface area contributed by atoms with Gasteiger partial charge in [0.2, 0.25) is 0 Å². The average molecular weight is 202 g/mol. The van der Waals surface area contributed by atoms with Gasteiger partial charge in [-0.05, 0) is 31.9 Å². The molecule has 0 aliphatic heterocycles. The van der Waals surface area contributed by atoms with Crippen molar-refractivity contribution >= 4 is 0 Å². The normalized spacial score (nSPS) is 10.6. The molecule has 0 aliphatic carbocycles. The first-order valence-electron chi connectivity index (χ1n) is 5.06. The summed E-state index contributed by atoms with van der Waals surface area (Å²) in [6.45, 7) is 6.20. The van der Waals surface area contributed by atoms with Crippen LogP contribution in [0.25, 0.3) is 5.95 Å². The van der Waals surface area contributed by atoms with Gasteiger partial charge in [-0.25, -0.2) is 14.6 Å². The topological polar surface area (TPSA) is 43.6 Å². The van der Waals surface area contributed by atoms with Crippen molar-refractivity contribution in [3.8, 4) is 5.95 Å². The number of hydrogen-bond donors (Lipinski definition) is 0. The molecule has 0 saturated heterocycles. The summed E-state index contributed by atoms with van der Waals surface area (Å²) in [5.74, 6) is 0.637. The van der Waals surface area contributed by atoms with E-state index in [9.17, 15) is 0 Å². The highest BCUT2D eigenvalue weighted by molar-refractivity contribution is 5.28. The summed E-state index contributed by atoms with van der Waals surface area (Å²) in [6, 6.07) is 1.80. The monoisotopic (exact) mass is 202 g/mol. The highest BCUT2D eigenvalue weighted by Gasteiger charge is 2.11. The molecule has 4 nitrogen and oxygen atoms in total. The molecule has 15 heavy (non-hydrogen) atoms. The van der Waals surface area contributed by atoms with E-state index in [4.69, 9.17) is 0 Å². The Morgan fingerprint density at radius 2 is 1.87 bits per heavy atom. The lowest BCUT2D eigenvalue weighted by Crippen LogP contribution is -2.04. The Morgan fingerprint density at radius 3 is 2.40 bits per heavy atom. The SMILES string of the molecule is CCc1c(C)nn(-c2ncccn2)c1C. The zero-order valence-corrected chi connectivity index (χ0v) is 9.23. The van der Waals surface area contributed by atoms with E-state index in [1.165, 1.54) is 5.56 Å². The fourth-order valence-corrected chi connectivity index (χ4v) is 1.78. The van der Waals surface area contributed by atoms with Crippen LogP contribution in [0, 0.1) is 13.8 Å². The lowest BCUT2D eigenvalue weighted by molar-refractivity contribution is 0.773. The molecule has 2 heterocycles. The number of aromatic nitrogens is 4. The van der Waals surface area contributed by atoms with E-state index < -0.39 is 0 Å². The Labute approximate surface area is 89.0 Å². The van der Waals surface area contributed by atoms with Gasteiger partial charge in [0.15, 0.2) is 0 Å². The van der Waals surface area contributed by atoms with E-state index >= 15 is 0 Å². The summed E-state index contributed by atoms with van der Waals surface area (Å²) in [5.41, 5.74) is 3.46. The molecule has 0 saturated carbocycles. The van der Waals surface area contributed by atoms with Crippen LogP contribution >= 0.6 is 0 Å². The van der Waals surface area contributed by atoms with Crippen molar-refractivity contribution in [1.29, 1.82) is 0 Å². The van der Waals surface area contributed by atoms with Gasteiger partial charge in [-0.1, -0.05) is 6.92 Å². The molecule has 2 aromatic rings. The van der Waals surface area contributed by atoms with Crippen LogP contribution in [-0.4, -0.2) is 19.7 Å². The minimum atomic E-state index is 0.637. The largest absolute Gasteiger partial charge is 0.250 e. The van der Waals surface area contributed by atoms with Gasteiger partial charge in [0, 0.05) is 18.1 Å². The highest BCUT2D eigenvalue weighted by Crippen LogP contribution is 2.15. The van der Waals surface area contributed by atoms with Crippen LogP contribution in [0.4, 0.5) is 0 Å². The van der Waals surface area contributed by atoms with Crippen LogP contribution in [0.2, 0.25) is 0 Å². The third-order valence-corrected chi connectivity index (χ3v) is 2.54. The minimum Gasteiger partial charge on any atom is -0.220 e. The lowest BCUT2D eigenvalue weighted by atomic mass is 10.1. The first kappa shape index (κ1) is 9.83. The predicted molar refractivity (Wildman–Crippen MR) is 58.0 cm³/mol. The van der Waals surface area contributed by atoms with E-state index in [-0.39, 0.29) is 0 Å². The molecule has 4 heteroatoms. The summed E-state index contributed by atoms with van der Waals surface area (Å²) in [7, 11) is 0. The van der Waals surface area contributed by atoms with E-state index in [1.54, 1.807) is 23.1 Å². The molecule has 0 radical (unpaired) electrons. The third-order valence-electron chi connectivity index (χ3n) is 2.54. The number of aryl methyl sites for hydroxylation is 1. The number of rotatable bonds is 2. The summed E-state index contributed by atoms with van der Waals surface area (Å²) in [4.78, 5) is 8.38. The van der Waals surface area contributed by atoms with Crippen molar-refractivity contribution in [3.63, 3.8) is 0 Å². The molecule has 0 amide bonds. The van der Waals surface area contributed by atoms with Crippen molar-refractivity contribution in [1.82, 2.24) is 19.7 Å². The van der Waals surface area contributed by atoms with E-state index in [0.29, 0.717) is 5.95 Å². The Kier molecular flexibility index (Phi) is 2.49. The molecule has 0 bridgehead atoms. The molecule has 0 aromatic carbocycles. The van der Waals surface area contributed by atoms with Gasteiger partial charge in [-0.15, -0.1) is 0 Å². The molecule has 2 aromatic heterocycles. The third kappa shape index (κ3) is 1.63. The van der Waals surface area contributed by atoms with E-state index in [1.807, 2.05) is 6.92 Å². The maximum absolute atomic E-state index is 4.44. The molecule has 0 N–H and O–H groups in total. The van der Waals surface area contributed by atoms with Gasteiger partial charge in [-0.3, -0.25) is 0 Å². The predicted octanol–water partition coefficient (Wildman–Crippen LogP) is 1.84. The van der Waals surface area contributed by atoms with Crippen molar-refractivity contribution in [2.24, 2.45) is 0 Å². The summed E-state index contributed by atoms with van der Waals surface area (Å²) in [6.07, 6.45) is 4.44. The second-order valence-corrected chi connectivity index (χ2v) is 3.46. The molecule has 0 unspecified atom stereocenters. The first-order chi connectivity index (χ1) is 7.24. The minimum absolute atomic E-state index is 0.637. The van der Waals surface area contributed by atoms with Crippen LogP contribution in [0.5, 0.6) is 0 Å². The molecule has 0 spiro atoms. The zero-order chi connectivity index (χ0) is 10.8. The maximum atomic E-state index is 4.44. The van der Waals surface area contributed by atoms with E-state index in [2.05, 4.69) is 28.9 Å². The van der Waals surface area contributed by atoms with Gasteiger partial charge in [-0.2, -0.15) is 5.10 Å². The lowest BCUT2D eigenvalue weighted by Gasteiger charge is -2.01. The second kappa shape index (κ2) is 3.81. The number of hydrogen-bond acceptors (Lipinski definition) is 3. The quantitative estimate of drug-likeness (QED) is 0.746.